The van der Waals surface area contributed by atoms with Crippen molar-refractivity contribution in [3.63, 3.8) is 0 Å². The van der Waals surface area contributed by atoms with Crippen molar-refractivity contribution in [3.05, 3.63) is 54.5 Å². The summed E-state index contributed by atoms with van der Waals surface area (Å²) in [5, 5.41) is 0.561. The first kappa shape index (κ1) is 24.0. The summed E-state index contributed by atoms with van der Waals surface area (Å²) in [6, 6.07) is 9.07. The van der Waals surface area contributed by atoms with Gasteiger partial charge in [0.25, 0.3) is 0 Å². The lowest BCUT2D eigenvalue weighted by molar-refractivity contribution is -0.134. The number of nitrogens with one attached hydrogen (secondary N) is 2. The molecule has 1 amide bonds. The molecule has 3 heterocycles. The number of piperidine rings is 1. The van der Waals surface area contributed by atoms with Gasteiger partial charge in [0.2, 0.25) is 15.9 Å². The van der Waals surface area contributed by atoms with Crippen LogP contribution >= 0.6 is 0 Å². The molecule has 3 aromatic rings. The summed E-state index contributed by atoms with van der Waals surface area (Å²) in [5.41, 5.74) is 1.05. The molecular formula is C24H30N4O5S. The van der Waals surface area contributed by atoms with Crippen LogP contribution in [0.3, 0.4) is 0 Å². The molecule has 1 unspecified atom stereocenters. The SMILES string of the molecule is COC(=O)c1cccn1CCC(NS(=O)(=O)c1cccc2[nH]ccc12)C(=O)N1CCC(C)CC1. The number of aromatic nitrogens is 2. The Labute approximate surface area is 199 Å². The van der Waals surface area contributed by atoms with Crippen molar-refractivity contribution in [1.29, 1.82) is 0 Å². The van der Waals surface area contributed by atoms with E-state index in [9.17, 15) is 18.0 Å². The fourth-order valence-corrected chi connectivity index (χ4v) is 5.84. The maximum Gasteiger partial charge on any atom is 0.354 e. The molecule has 2 aromatic heterocycles. The molecule has 1 aliphatic heterocycles. The highest BCUT2D eigenvalue weighted by Gasteiger charge is 2.32. The number of rotatable bonds is 8. The van der Waals surface area contributed by atoms with Crippen molar-refractivity contribution in [2.45, 2.75) is 43.7 Å². The second-order valence-electron chi connectivity index (χ2n) is 8.74. The number of fused-ring (bicyclic) bond motifs is 1. The fourth-order valence-electron chi connectivity index (χ4n) is 4.39. The largest absolute Gasteiger partial charge is 0.464 e. The van der Waals surface area contributed by atoms with Gasteiger partial charge in [0.05, 0.1) is 12.0 Å². The lowest BCUT2D eigenvalue weighted by atomic mass is 9.98. The van der Waals surface area contributed by atoms with Crippen LogP contribution in [0.5, 0.6) is 0 Å². The van der Waals surface area contributed by atoms with Gasteiger partial charge >= 0.3 is 5.97 Å². The average Bonchev–Trinajstić information content (AvgIpc) is 3.50. The van der Waals surface area contributed by atoms with Crippen LogP contribution in [-0.2, 0) is 26.1 Å². The predicted molar refractivity (Wildman–Crippen MR) is 128 cm³/mol. The number of esters is 1. The number of sulfonamides is 1. The number of hydrogen-bond donors (Lipinski definition) is 2. The second kappa shape index (κ2) is 10.0. The number of carbonyl (C=O) groups excluding carboxylic acids is 2. The zero-order chi connectivity index (χ0) is 24.3. The van der Waals surface area contributed by atoms with Crippen LogP contribution in [0, 0.1) is 5.92 Å². The van der Waals surface area contributed by atoms with Gasteiger partial charge in [-0.25, -0.2) is 13.2 Å². The van der Waals surface area contributed by atoms with E-state index in [2.05, 4.69) is 16.6 Å². The molecule has 0 saturated carbocycles. The van der Waals surface area contributed by atoms with E-state index in [0.29, 0.717) is 35.6 Å². The Kier molecular flexibility index (Phi) is 7.08. The van der Waals surface area contributed by atoms with Gasteiger partial charge in [-0.1, -0.05) is 13.0 Å². The van der Waals surface area contributed by atoms with Crippen molar-refractivity contribution in [3.8, 4) is 0 Å². The summed E-state index contributed by atoms with van der Waals surface area (Å²) < 4.78 is 36.0. The number of likely N-dealkylation sites (tertiary alicyclic amines) is 1. The minimum atomic E-state index is -3.99. The van der Waals surface area contributed by atoms with Crippen LogP contribution in [-0.4, -0.2) is 61.0 Å². The number of amides is 1. The Balaban J connectivity index is 1.59. The van der Waals surface area contributed by atoms with E-state index < -0.39 is 22.0 Å². The third-order valence-electron chi connectivity index (χ3n) is 6.42. The molecule has 182 valence electrons. The number of aromatic amines is 1. The summed E-state index contributed by atoms with van der Waals surface area (Å²) in [7, 11) is -2.69. The number of nitrogens with zero attached hydrogens (tertiary/aromatic N) is 2. The second-order valence-corrected chi connectivity index (χ2v) is 10.4. The van der Waals surface area contributed by atoms with Crippen molar-refractivity contribution in [1.82, 2.24) is 19.2 Å². The quantitative estimate of drug-likeness (QED) is 0.476. The van der Waals surface area contributed by atoms with Gasteiger partial charge in [-0.2, -0.15) is 4.72 Å². The first-order chi connectivity index (χ1) is 16.3. The van der Waals surface area contributed by atoms with Gasteiger partial charge in [0.1, 0.15) is 11.7 Å². The fraction of sp³-hybridized carbons (Fsp3) is 0.417. The molecule has 0 radical (unpaired) electrons. The van der Waals surface area contributed by atoms with E-state index in [1.54, 1.807) is 52.2 Å². The van der Waals surface area contributed by atoms with Crippen LogP contribution in [0.1, 0.15) is 36.7 Å². The Bertz CT molecular complexity index is 1270. The molecule has 4 rings (SSSR count). The van der Waals surface area contributed by atoms with E-state index in [1.807, 2.05) is 0 Å². The lowest BCUT2D eigenvalue weighted by Crippen LogP contribution is -2.51. The summed E-state index contributed by atoms with van der Waals surface area (Å²) in [5.74, 6) is -0.200. The van der Waals surface area contributed by atoms with Crippen molar-refractivity contribution in [2.75, 3.05) is 20.2 Å². The van der Waals surface area contributed by atoms with Gasteiger partial charge in [0, 0.05) is 42.9 Å². The van der Waals surface area contributed by atoms with Crippen LogP contribution in [0.4, 0.5) is 0 Å². The number of H-pyrrole nitrogens is 1. The summed E-state index contributed by atoms with van der Waals surface area (Å²) >= 11 is 0. The maximum absolute atomic E-state index is 13.5. The third kappa shape index (κ3) is 5.02. The highest BCUT2D eigenvalue weighted by Crippen LogP contribution is 2.23. The zero-order valence-electron chi connectivity index (χ0n) is 19.4. The molecule has 1 atom stereocenters. The van der Waals surface area contributed by atoms with E-state index in [1.165, 1.54) is 13.2 Å². The van der Waals surface area contributed by atoms with Crippen molar-refractivity contribution in [2.24, 2.45) is 5.92 Å². The van der Waals surface area contributed by atoms with Gasteiger partial charge in [-0.05, 0) is 55.5 Å². The summed E-state index contributed by atoms with van der Waals surface area (Å²) in [6.07, 6.45) is 5.36. The molecule has 0 spiro atoms. The minimum Gasteiger partial charge on any atom is -0.464 e. The molecule has 2 N–H and O–H groups in total. The number of methoxy groups -OCH3 is 1. The van der Waals surface area contributed by atoms with Crippen molar-refractivity contribution >= 4 is 32.8 Å². The molecule has 1 aliphatic rings. The van der Waals surface area contributed by atoms with Crippen LogP contribution in [0.2, 0.25) is 0 Å². The van der Waals surface area contributed by atoms with E-state index in [4.69, 9.17) is 4.74 Å². The van der Waals surface area contributed by atoms with E-state index in [-0.39, 0.29) is 23.8 Å². The number of hydrogen-bond acceptors (Lipinski definition) is 5. The molecule has 10 heteroatoms. The smallest absolute Gasteiger partial charge is 0.354 e. The van der Waals surface area contributed by atoms with Gasteiger partial charge in [0.15, 0.2) is 0 Å². The van der Waals surface area contributed by atoms with Gasteiger partial charge in [-0.15, -0.1) is 0 Å². The maximum atomic E-state index is 13.5. The van der Waals surface area contributed by atoms with Crippen LogP contribution < -0.4 is 4.72 Å². The Hall–Kier alpha value is -3.11. The molecule has 1 aromatic carbocycles. The first-order valence-corrected chi connectivity index (χ1v) is 12.9. The first-order valence-electron chi connectivity index (χ1n) is 11.4. The number of ether oxygens (including phenoxy) is 1. The average molecular weight is 487 g/mol. The molecule has 1 saturated heterocycles. The van der Waals surface area contributed by atoms with E-state index in [0.717, 1.165) is 12.8 Å². The highest BCUT2D eigenvalue weighted by atomic mass is 32.2. The van der Waals surface area contributed by atoms with E-state index >= 15 is 0 Å². The predicted octanol–water partition coefficient (Wildman–Crippen LogP) is 2.75. The molecular weight excluding hydrogens is 456 g/mol. The summed E-state index contributed by atoms with van der Waals surface area (Å²) in [4.78, 5) is 30.4. The Morgan fingerprint density at radius 3 is 2.68 bits per heavy atom. The third-order valence-corrected chi connectivity index (χ3v) is 7.95. The normalized spacial score (nSPS) is 16.0. The van der Waals surface area contributed by atoms with Crippen LogP contribution in [0.15, 0.2) is 53.7 Å². The lowest BCUT2D eigenvalue weighted by Gasteiger charge is -2.33. The van der Waals surface area contributed by atoms with Gasteiger partial charge < -0.3 is 19.2 Å². The molecule has 0 aliphatic carbocycles. The molecule has 0 bridgehead atoms. The van der Waals surface area contributed by atoms with Crippen molar-refractivity contribution < 1.29 is 22.7 Å². The number of benzene rings is 1. The van der Waals surface area contributed by atoms with Crippen LogP contribution in [0.25, 0.3) is 10.9 Å². The Morgan fingerprint density at radius 2 is 1.94 bits per heavy atom. The topological polar surface area (TPSA) is 113 Å². The number of carbonyl (C=O) groups is 2. The molecule has 34 heavy (non-hydrogen) atoms. The zero-order valence-corrected chi connectivity index (χ0v) is 20.2. The number of aryl methyl sites for hydroxylation is 1. The summed E-state index contributed by atoms with van der Waals surface area (Å²) in [6.45, 7) is 3.62. The monoisotopic (exact) mass is 486 g/mol. The Morgan fingerprint density at radius 1 is 1.18 bits per heavy atom. The molecule has 1 fully saturated rings. The standard InChI is InChI=1S/C24H30N4O5S/c1-17-9-14-28(15-10-17)23(29)20(11-16-27-13-4-6-21(27)24(30)33-2)26-34(31,32)22-7-3-5-19-18(22)8-12-25-19/h3-8,12-13,17,20,25-26H,9-11,14-16H2,1-2H3. The highest BCUT2D eigenvalue weighted by molar-refractivity contribution is 7.89. The minimum absolute atomic E-state index is 0.118. The van der Waals surface area contributed by atoms with Gasteiger partial charge in [-0.3, -0.25) is 4.79 Å². The molecule has 9 nitrogen and oxygen atoms in total.